The molecule has 0 N–H and O–H groups in total. The van der Waals surface area contributed by atoms with Crippen LogP contribution >= 0.6 is 0 Å². The van der Waals surface area contributed by atoms with Crippen molar-refractivity contribution in [2.75, 3.05) is 0 Å². The summed E-state index contributed by atoms with van der Waals surface area (Å²) in [6.07, 6.45) is 0. The summed E-state index contributed by atoms with van der Waals surface area (Å²) in [6.45, 7) is 0. The van der Waals surface area contributed by atoms with Crippen molar-refractivity contribution >= 4 is 89.4 Å². The standard InChI is InChI=1S/As.Ga.2In. The third-order valence-corrected chi connectivity index (χ3v) is 0. The normalized spacial score (nSPS) is 0. The van der Waals surface area contributed by atoms with E-state index in [1.807, 2.05) is 0 Å². The Hall–Kier alpha value is 2.94. The summed E-state index contributed by atoms with van der Waals surface area (Å²) in [7, 11) is 0. The molecule has 0 aromatic heterocycles. The van der Waals surface area contributed by atoms with E-state index in [4.69, 9.17) is 0 Å². The van der Waals surface area contributed by atoms with Crippen molar-refractivity contribution in [1.29, 1.82) is 0 Å². The second-order valence-corrected chi connectivity index (χ2v) is 0. The first-order chi connectivity index (χ1) is 0. The van der Waals surface area contributed by atoms with Gasteiger partial charge in [0, 0.05) is 89.4 Å². The van der Waals surface area contributed by atoms with Gasteiger partial charge in [0.05, 0.1) is 0 Å². The van der Waals surface area contributed by atoms with Crippen molar-refractivity contribution < 1.29 is 0 Å². The quantitative estimate of drug-likeness (QED) is 0.452. The molecule has 0 aliphatic carbocycles. The van der Waals surface area contributed by atoms with Gasteiger partial charge in [-0.1, -0.05) is 0 Å². The van der Waals surface area contributed by atoms with E-state index in [9.17, 15) is 0 Å². The molecule has 0 aromatic rings. The average molecular weight is 374 g/mol. The molecule has 0 saturated carbocycles. The van der Waals surface area contributed by atoms with Gasteiger partial charge in [-0.15, -0.1) is 0 Å². The maximum atomic E-state index is 0. The molecule has 12 radical (unpaired) electrons. The third-order valence-electron chi connectivity index (χ3n) is 0. The molecule has 0 bridgehead atoms. The van der Waals surface area contributed by atoms with Crippen LogP contribution in [0.1, 0.15) is 0 Å². The summed E-state index contributed by atoms with van der Waals surface area (Å²) in [4.78, 5) is 0. The molecule has 0 unspecified atom stereocenters. The molecule has 0 amide bonds. The van der Waals surface area contributed by atoms with Crippen LogP contribution in [0.5, 0.6) is 0 Å². The van der Waals surface area contributed by atoms with Crippen molar-refractivity contribution in [1.82, 2.24) is 0 Å². The Morgan fingerprint density at radius 2 is 0.750 bits per heavy atom. The summed E-state index contributed by atoms with van der Waals surface area (Å²) in [6, 6.07) is 0. The van der Waals surface area contributed by atoms with Crippen LogP contribution in [0.2, 0.25) is 0 Å². The molecule has 0 fully saturated rings. The fourth-order valence-electron chi connectivity index (χ4n) is 0. The summed E-state index contributed by atoms with van der Waals surface area (Å²) >= 11 is 0. The van der Waals surface area contributed by atoms with Crippen LogP contribution in [0.25, 0.3) is 0 Å². The van der Waals surface area contributed by atoms with Crippen LogP contribution < -0.4 is 0 Å². The van der Waals surface area contributed by atoms with Crippen LogP contribution in [0, 0.1) is 0 Å². The summed E-state index contributed by atoms with van der Waals surface area (Å²) in [5.74, 6) is 0. The second-order valence-electron chi connectivity index (χ2n) is 0. The Bertz CT molecular complexity index is 6.00. The molecule has 0 spiro atoms. The van der Waals surface area contributed by atoms with Crippen LogP contribution in [0.15, 0.2) is 0 Å². The van der Waals surface area contributed by atoms with Gasteiger partial charge in [0.25, 0.3) is 0 Å². The Labute approximate surface area is 87.8 Å². The minimum Gasteiger partial charge on any atom is 0 e. The van der Waals surface area contributed by atoms with Crippen molar-refractivity contribution in [3.63, 3.8) is 0 Å². The van der Waals surface area contributed by atoms with E-state index in [2.05, 4.69) is 0 Å². The molecule has 0 saturated heterocycles. The van der Waals surface area contributed by atoms with E-state index in [1.54, 1.807) is 0 Å². The van der Waals surface area contributed by atoms with Gasteiger partial charge in [0.15, 0.2) is 0 Å². The van der Waals surface area contributed by atoms with Crippen molar-refractivity contribution in [2.45, 2.75) is 0 Å². The first-order valence-electron chi connectivity index (χ1n) is 0. The zero-order valence-corrected chi connectivity index (χ0v) is 13.1. The van der Waals surface area contributed by atoms with Gasteiger partial charge in [-0.3, -0.25) is 0 Å². The molecule has 0 atom stereocenters. The van der Waals surface area contributed by atoms with E-state index in [0.717, 1.165) is 0 Å². The minimum atomic E-state index is 0. The summed E-state index contributed by atoms with van der Waals surface area (Å²) in [5, 5.41) is 0. The van der Waals surface area contributed by atoms with E-state index in [1.165, 1.54) is 0 Å². The summed E-state index contributed by atoms with van der Waals surface area (Å²) < 4.78 is 0. The largest absolute Gasteiger partial charge is 0 e. The first-order valence-corrected chi connectivity index (χ1v) is 0. The zero-order valence-electron chi connectivity index (χ0n) is 2.18. The van der Waals surface area contributed by atoms with Crippen molar-refractivity contribution in [2.24, 2.45) is 0 Å². The van der Waals surface area contributed by atoms with Crippen LogP contribution in [0.4, 0.5) is 0 Å². The maximum absolute atomic E-state index is 0. The molecular formula is AsGaIn2. The van der Waals surface area contributed by atoms with Gasteiger partial charge < -0.3 is 0 Å². The van der Waals surface area contributed by atoms with Crippen LogP contribution in [0.3, 0.4) is 0 Å². The van der Waals surface area contributed by atoms with E-state index in [-0.39, 0.29) is 89.4 Å². The molecule has 0 aliphatic heterocycles. The Kier molecular flexibility index (Phi) is 119. The molecule has 14 valence electrons. The van der Waals surface area contributed by atoms with Gasteiger partial charge in [0.2, 0.25) is 0 Å². The summed E-state index contributed by atoms with van der Waals surface area (Å²) in [5.41, 5.74) is 0. The van der Waals surface area contributed by atoms with Gasteiger partial charge in [0.1, 0.15) is 0 Å². The van der Waals surface area contributed by atoms with Gasteiger partial charge in [-0.25, -0.2) is 0 Å². The van der Waals surface area contributed by atoms with Gasteiger partial charge in [-0.2, -0.15) is 0 Å². The molecule has 4 heavy (non-hydrogen) atoms. The zero-order chi connectivity index (χ0) is 0. The number of rotatable bonds is 0. The number of hydrogen-bond donors (Lipinski definition) is 0. The molecule has 0 rings (SSSR count). The average Bonchev–Trinajstić information content (AvgIpc) is 0. The Balaban J connectivity index is 0. The van der Waals surface area contributed by atoms with E-state index >= 15 is 0 Å². The maximum Gasteiger partial charge on any atom is 0 e. The van der Waals surface area contributed by atoms with Crippen molar-refractivity contribution in [3.05, 3.63) is 0 Å². The Morgan fingerprint density at radius 1 is 0.750 bits per heavy atom. The molecular weight excluding hydrogens is 374 g/mol. The van der Waals surface area contributed by atoms with Gasteiger partial charge >= 0.3 is 0 Å². The molecule has 0 aromatic carbocycles. The second kappa shape index (κ2) is 16.8. The SMILES string of the molecule is [As].[Ga].[In].[In]. The molecule has 0 heterocycles. The molecule has 4 heteroatoms. The monoisotopic (exact) mass is 374 g/mol. The van der Waals surface area contributed by atoms with Gasteiger partial charge in [-0.05, 0) is 0 Å². The Morgan fingerprint density at radius 3 is 0.750 bits per heavy atom. The van der Waals surface area contributed by atoms with E-state index in [0.29, 0.717) is 0 Å². The molecule has 0 nitrogen and oxygen atoms in total. The third kappa shape index (κ3) is 8.87. The van der Waals surface area contributed by atoms with Crippen molar-refractivity contribution in [3.8, 4) is 0 Å². The molecule has 0 aliphatic rings. The van der Waals surface area contributed by atoms with Crippen LogP contribution in [-0.2, 0) is 0 Å². The first kappa shape index (κ1) is 28.4. The smallest absolute Gasteiger partial charge is 0 e. The van der Waals surface area contributed by atoms with Crippen LogP contribution in [-0.4, -0.2) is 89.4 Å². The fraction of sp³-hybridized carbons (Fsp3) is 0. The predicted octanol–water partition coefficient (Wildman–Crippen LogP) is -1.52. The number of hydrogen-bond acceptors (Lipinski definition) is 0. The fourth-order valence-corrected chi connectivity index (χ4v) is 0. The van der Waals surface area contributed by atoms with E-state index < -0.39 is 0 Å². The predicted molar refractivity (Wildman–Crippen MR) is 23.0 cm³/mol. The minimum absolute atomic E-state index is 0. The topological polar surface area (TPSA) is 0 Å².